The van der Waals surface area contributed by atoms with Crippen molar-refractivity contribution in [2.45, 2.75) is 30.9 Å². The maximum absolute atomic E-state index is 12.5. The molecule has 1 aliphatic heterocycles. The van der Waals surface area contributed by atoms with Gasteiger partial charge in [0.05, 0.1) is 12.7 Å². The van der Waals surface area contributed by atoms with Gasteiger partial charge in [0.15, 0.2) is 0 Å². The maximum atomic E-state index is 12.5. The predicted octanol–water partition coefficient (Wildman–Crippen LogP) is 5.50. The van der Waals surface area contributed by atoms with Gasteiger partial charge in [0, 0.05) is 22.7 Å². The van der Waals surface area contributed by atoms with Crippen LogP contribution in [-0.4, -0.2) is 33.0 Å². The fourth-order valence-corrected chi connectivity index (χ4v) is 5.62. The molecule has 32 heavy (non-hydrogen) atoms. The molecule has 0 aliphatic carbocycles. The predicted molar refractivity (Wildman–Crippen MR) is 133 cm³/mol. The van der Waals surface area contributed by atoms with E-state index in [2.05, 4.69) is 58.7 Å². The van der Waals surface area contributed by atoms with Gasteiger partial charge in [-0.1, -0.05) is 48.0 Å². The Balaban J connectivity index is 1.44. The summed E-state index contributed by atoms with van der Waals surface area (Å²) >= 11 is 2.39. The van der Waals surface area contributed by atoms with Crippen LogP contribution in [0.4, 0.5) is 0 Å². The minimum atomic E-state index is -3.86. The lowest BCUT2D eigenvalue weighted by molar-refractivity contribution is -0.0432. The number of aryl methyl sites for hydroxylation is 1. The lowest BCUT2D eigenvalue weighted by Crippen LogP contribution is -2.40. The maximum Gasteiger partial charge on any atom is 0.339 e. The van der Waals surface area contributed by atoms with Crippen molar-refractivity contribution in [3.63, 3.8) is 0 Å². The first-order valence-corrected chi connectivity index (χ1v) is 13.0. The smallest absolute Gasteiger partial charge is 0.339 e. The number of halogens is 1. The zero-order valence-electron chi connectivity index (χ0n) is 18.1. The summed E-state index contributed by atoms with van der Waals surface area (Å²) in [6.07, 6.45) is -0.0738. The number of hydrogen-bond donors (Lipinski definition) is 0. The topological polar surface area (TPSA) is 55.8 Å². The van der Waals surface area contributed by atoms with Crippen molar-refractivity contribution in [2.24, 2.45) is 0 Å². The molecule has 0 aromatic heterocycles. The summed E-state index contributed by atoms with van der Waals surface area (Å²) in [6, 6.07) is 22.5. The number of hydrogen-bond acceptors (Lipinski definition) is 5. The zero-order chi connectivity index (χ0) is 22.7. The Morgan fingerprint density at radius 1 is 1.03 bits per heavy atom. The molecule has 0 saturated carbocycles. The Hall–Kier alpha value is -1.94. The van der Waals surface area contributed by atoms with Crippen LogP contribution < -0.4 is 4.18 Å². The van der Waals surface area contributed by atoms with E-state index in [1.807, 2.05) is 19.1 Å². The van der Waals surface area contributed by atoms with E-state index in [9.17, 15) is 8.42 Å². The van der Waals surface area contributed by atoms with E-state index in [1.54, 1.807) is 36.4 Å². The molecule has 2 atom stereocenters. The molecule has 4 rings (SSSR count). The van der Waals surface area contributed by atoms with Gasteiger partial charge in [-0.25, -0.2) is 0 Å². The molecule has 0 spiro atoms. The van der Waals surface area contributed by atoms with Crippen molar-refractivity contribution in [1.82, 2.24) is 4.90 Å². The molecule has 5 nitrogen and oxygen atoms in total. The Morgan fingerprint density at radius 2 is 1.72 bits per heavy atom. The average molecular weight is 563 g/mol. The Bertz CT molecular complexity index is 1160. The summed E-state index contributed by atoms with van der Waals surface area (Å²) in [6.45, 7) is 6.43. The lowest BCUT2D eigenvalue weighted by atomic mass is 10.0. The van der Waals surface area contributed by atoms with E-state index in [4.69, 9.17) is 8.92 Å². The van der Waals surface area contributed by atoms with Crippen LogP contribution in [0.5, 0.6) is 5.75 Å². The third kappa shape index (κ3) is 5.33. The standard InChI is InChI=1S/C25H26INO4S/c1-18-7-13-22(14-8-18)32(28,29)31-21-11-9-20(10-12-21)25-17-27(15-16-30-25)19(2)23-5-3-4-6-24(23)26/h3-14,19,25H,15-17H2,1-2H3/t19-,25-/m0/s1. The highest BCUT2D eigenvalue weighted by atomic mass is 127. The highest BCUT2D eigenvalue weighted by Gasteiger charge is 2.27. The SMILES string of the molecule is Cc1ccc(S(=O)(=O)Oc2ccc([C@@H]3CN([C@@H](C)c4ccccc4I)CCO3)cc2)cc1. The monoisotopic (exact) mass is 563 g/mol. The van der Waals surface area contributed by atoms with Gasteiger partial charge in [0.25, 0.3) is 0 Å². The quantitative estimate of drug-likeness (QED) is 0.293. The fourth-order valence-electron chi connectivity index (χ4n) is 3.85. The third-order valence-electron chi connectivity index (χ3n) is 5.77. The van der Waals surface area contributed by atoms with Crippen molar-refractivity contribution < 1.29 is 17.3 Å². The summed E-state index contributed by atoms with van der Waals surface area (Å²) in [5.41, 5.74) is 3.31. The van der Waals surface area contributed by atoms with Crippen LogP contribution >= 0.6 is 22.6 Å². The molecule has 0 unspecified atom stereocenters. The highest BCUT2D eigenvalue weighted by molar-refractivity contribution is 14.1. The van der Waals surface area contributed by atoms with Crippen LogP contribution in [0.1, 0.15) is 35.8 Å². The Morgan fingerprint density at radius 3 is 2.41 bits per heavy atom. The second kappa shape index (κ2) is 9.91. The van der Waals surface area contributed by atoms with Gasteiger partial charge in [-0.15, -0.1) is 0 Å². The van der Waals surface area contributed by atoms with Crippen molar-refractivity contribution >= 4 is 32.7 Å². The van der Waals surface area contributed by atoms with Gasteiger partial charge in [-0.2, -0.15) is 8.42 Å². The molecule has 1 aliphatic rings. The number of benzene rings is 3. The van der Waals surface area contributed by atoms with E-state index in [1.165, 1.54) is 9.13 Å². The van der Waals surface area contributed by atoms with E-state index in [0.29, 0.717) is 6.61 Å². The Labute approximate surface area is 203 Å². The van der Waals surface area contributed by atoms with E-state index in [0.717, 1.165) is 24.2 Å². The van der Waals surface area contributed by atoms with Crippen LogP contribution in [0, 0.1) is 10.5 Å². The second-order valence-electron chi connectivity index (χ2n) is 7.97. The van der Waals surface area contributed by atoms with Crippen molar-refractivity contribution in [3.05, 3.63) is 93.1 Å². The van der Waals surface area contributed by atoms with Crippen LogP contribution in [0.3, 0.4) is 0 Å². The zero-order valence-corrected chi connectivity index (χ0v) is 21.0. The van der Waals surface area contributed by atoms with E-state index < -0.39 is 10.1 Å². The van der Waals surface area contributed by atoms with Crippen molar-refractivity contribution in [1.29, 1.82) is 0 Å². The van der Waals surface area contributed by atoms with Crippen LogP contribution in [0.2, 0.25) is 0 Å². The number of ether oxygens (including phenoxy) is 1. The first kappa shape index (κ1) is 23.2. The molecule has 0 N–H and O–H groups in total. The molecule has 0 radical (unpaired) electrons. The summed E-state index contributed by atoms with van der Waals surface area (Å²) in [7, 11) is -3.86. The van der Waals surface area contributed by atoms with Crippen molar-refractivity contribution in [3.8, 4) is 5.75 Å². The molecule has 1 heterocycles. The first-order chi connectivity index (χ1) is 15.3. The van der Waals surface area contributed by atoms with Gasteiger partial charge in [0.2, 0.25) is 0 Å². The van der Waals surface area contributed by atoms with Gasteiger partial charge in [0.1, 0.15) is 10.6 Å². The largest absolute Gasteiger partial charge is 0.379 e. The summed E-state index contributed by atoms with van der Waals surface area (Å²) in [5, 5.41) is 0. The van der Waals surface area contributed by atoms with Crippen LogP contribution in [-0.2, 0) is 14.9 Å². The minimum absolute atomic E-state index is 0.0738. The summed E-state index contributed by atoms with van der Waals surface area (Å²) in [4.78, 5) is 2.57. The normalized spacial score (nSPS) is 18.3. The number of rotatable bonds is 6. The fraction of sp³-hybridized carbons (Fsp3) is 0.280. The van der Waals surface area contributed by atoms with E-state index in [-0.39, 0.29) is 22.8 Å². The first-order valence-electron chi connectivity index (χ1n) is 10.5. The number of nitrogens with zero attached hydrogens (tertiary/aromatic N) is 1. The summed E-state index contributed by atoms with van der Waals surface area (Å²) < 4.78 is 37.7. The molecule has 3 aromatic carbocycles. The number of morpholine rings is 1. The summed E-state index contributed by atoms with van der Waals surface area (Å²) in [5.74, 6) is 0.286. The molecule has 0 bridgehead atoms. The molecule has 168 valence electrons. The van der Waals surface area contributed by atoms with Gasteiger partial charge < -0.3 is 8.92 Å². The van der Waals surface area contributed by atoms with Crippen molar-refractivity contribution in [2.75, 3.05) is 19.7 Å². The average Bonchev–Trinajstić information content (AvgIpc) is 2.79. The molecule has 7 heteroatoms. The van der Waals surface area contributed by atoms with Crippen LogP contribution in [0.15, 0.2) is 77.7 Å². The molecule has 0 amide bonds. The molecule has 1 fully saturated rings. The van der Waals surface area contributed by atoms with E-state index >= 15 is 0 Å². The van der Waals surface area contributed by atoms with Gasteiger partial charge in [-0.05, 0) is 77.9 Å². The van der Waals surface area contributed by atoms with Gasteiger partial charge >= 0.3 is 10.1 Å². The highest BCUT2D eigenvalue weighted by Crippen LogP contribution is 2.31. The Kier molecular flexibility index (Phi) is 7.19. The lowest BCUT2D eigenvalue weighted by Gasteiger charge is -2.37. The molecule has 1 saturated heterocycles. The molecule has 3 aromatic rings. The van der Waals surface area contributed by atoms with Gasteiger partial charge in [-0.3, -0.25) is 4.90 Å². The van der Waals surface area contributed by atoms with Crippen LogP contribution in [0.25, 0.3) is 0 Å². The molecular formula is C25H26INO4S. The second-order valence-corrected chi connectivity index (χ2v) is 10.7. The minimum Gasteiger partial charge on any atom is -0.379 e. The molecular weight excluding hydrogens is 537 g/mol. The third-order valence-corrected chi connectivity index (χ3v) is 8.01.